The van der Waals surface area contributed by atoms with Gasteiger partial charge in [0.1, 0.15) is 12.7 Å². The number of thioether (sulfide) groups is 1. The fourth-order valence-electron chi connectivity index (χ4n) is 1.37. The minimum absolute atomic E-state index is 0.0510. The first-order chi connectivity index (χ1) is 7.81. The van der Waals surface area contributed by atoms with Crippen molar-refractivity contribution < 1.29 is 4.92 Å². The van der Waals surface area contributed by atoms with Crippen LogP contribution in [0.25, 0.3) is 0 Å². The van der Waals surface area contributed by atoms with Crippen LogP contribution in [0, 0.1) is 17.0 Å². The molecule has 6 nitrogen and oxygen atoms in total. The van der Waals surface area contributed by atoms with Gasteiger partial charge in [-0.1, -0.05) is 0 Å². The van der Waals surface area contributed by atoms with E-state index in [2.05, 4.69) is 4.98 Å². The highest BCUT2D eigenvalue weighted by atomic mass is 32.2. The lowest BCUT2D eigenvalue weighted by molar-refractivity contribution is -0.392. The van der Waals surface area contributed by atoms with Gasteiger partial charge in [0.05, 0.1) is 0 Å². The normalized spacial score (nSPS) is 11.8. The van der Waals surface area contributed by atoms with E-state index in [1.807, 2.05) is 13.8 Å². The molecule has 0 aliphatic carbocycles. The molecule has 1 rings (SSSR count). The Morgan fingerprint density at radius 1 is 1.65 bits per heavy atom. The number of nitrogens with two attached hydrogens (primary N) is 1. The third-order valence-corrected chi connectivity index (χ3v) is 3.57. The van der Waals surface area contributed by atoms with E-state index < -0.39 is 4.92 Å². The van der Waals surface area contributed by atoms with Gasteiger partial charge >= 0.3 is 5.82 Å². The molecule has 0 saturated carbocycles. The average Bonchev–Trinajstić information content (AvgIpc) is 2.53. The highest BCUT2D eigenvalue weighted by Gasteiger charge is 2.17. The smallest absolute Gasteiger partial charge is 0.342 e. The van der Waals surface area contributed by atoms with E-state index >= 15 is 0 Å². The molecule has 1 aromatic heterocycles. The molecule has 0 atom stereocenters. The molecule has 0 amide bonds. The minimum atomic E-state index is -0.405. The van der Waals surface area contributed by atoms with E-state index in [0.717, 1.165) is 11.5 Å². The maximum atomic E-state index is 10.7. The Bertz CT molecular complexity index is 398. The fraction of sp³-hybridized carbons (Fsp3) is 0.700. The standard InChI is InChI=1S/C10H18N4O2S/c1-8-12-6-9(14(15)16)13(8)4-5-17-7-10(2,3)11/h6H,4-5,7,11H2,1-3H3. The Hall–Kier alpha value is -1.08. The minimum Gasteiger partial charge on any atom is -0.358 e. The van der Waals surface area contributed by atoms with Crippen LogP contribution in [0.1, 0.15) is 19.7 Å². The number of nitrogens with zero attached hydrogens (tertiary/aromatic N) is 3. The van der Waals surface area contributed by atoms with Crippen molar-refractivity contribution in [2.45, 2.75) is 32.9 Å². The largest absolute Gasteiger partial charge is 0.358 e. The van der Waals surface area contributed by atoms with Gasteiger partial charge in [-0.2, -0.15) is 11.8 Å². The van der Waals surface area contributed by atoms with Gasteiger partial charge in [0.15, 0.2) is 5.82 Å². The zero-order chi connectivity index (χ0) is 13.1. The Balaban J connectivity index is 2.52. The van der Waals surface area contributed by atoms with Gasteiger partial charge in [0.2, 0.25) is 0 Å². The van der Waals surface area contributed by atoms with Crippen molar-refractivity contribution in [3.05, 3.63) is 22.1 Å². The van der Waals surface area contributed by atoms with Crippen LogP contribution in [0.2, 0.25) is 0 Å². The van der Waals surface area contributed by atoms with Crippen molar-refractivity contribution >= 4 is 17.6 Å². The number of imidazole rings is 1. The van der Waals surface area contributed by atoms with Gasteiger partial charge in [-0.25, -0.2) is 9.55 Å². The van der Waals surface area contributed by atoms with Gasteiger partial charge in [-0.3, -0.25) is 0 Å². The van der Waals surface area contributed by atoms with Crippen molar-refractivity contribution in [3.63, 3.8) is 0 Å². The van der Waals surface area contributed by atoms with Gasteiger partial charge in [0.25, 0.3) is 0 Å². The number of aromatic nitrogens is 2. The molecule has 2 N–H and O–H groups in total. The van der Waals surface area contributed by atoms with Gasteiger partial charge < -0.3 is 15.8 Å². The van der Waals surface area contributed by atoms with Gasteiger partial charge in [0, 0.05) is 24.0 Å². The van der Waals surface area contributed by atoms with E-state index in [1.54, 1.807) is 23.3 Å². The molecular weight excluding hydrogens is 240 g/mol. The molecule has 0 bridgehead atoms. The first kappa shape index (κ1) is 14.0. The Labute approximate surface area is 105 Å². The summed E-state index contributed by atoms with van der Waals surface area (Å²) in [5.41, 5.74) is 5.65. The second-order valence-corrected chi connectivity index (χ2v) is 5.72. The molecule has 0 unspecified atom stereocenters. The number of hydrogen-bond donors (Lipinski definition) is 1. The second kappa shape index (κ2) is 5.50. The predicted molar refractivity (Wildman–Crippen MR) is 69.2 cm³/mol. The molecule has 0 fully saturated rings. The zero-order valence-corrected chi connectivity index (χ0v) is 11.2. The summed E-state index contributed by atoms with van der Waals surface area (Å²) in [6, 6.07) is 0. The van der Waals surface area contributed by atoms with Crippen LogP contribution in [0.3, 0.4) is 0 Å². The first-order valence-electron chi connectivity index (χ1n) is 5.34. The average molecular weight is 258 g/mol. The van der Waals surface area contributed by atoms with E-state index in [9.17, 15) is 10.1 Å². The predicted octanol–water partition coefficient (Wildman–Crippen LogP) is 1.57. The summed E-state index contributed by atoms with van der Waals surface area (Å²) < 4.78 is 1.62. The Kier molecular flexibility index (Phi) is 4.53. The molecule has 0 spiro atoms. The van der Waals surface area contributed by atoms with Crippen LogP contribution in [0.4, 0.5) is 5.82 Å². The topological polar surface area (TPSA) is 87.0 Å². The lowest BCUT2D eigenvalue weighted by Gasteiger charge is -2.17. The van der Waals surface area contributed by atoms with Crippen LogP contribution in [0.15, 0.2) is 6.20 Å². The van der Waals surface area contributed by atoms with Crippen LogP contribution in [-0.4, -0.2) is 31.5 Å². The van der Waals surface area contributed by atoms with Gasteiger partial charge in [-0.05, 0) is 18.8 Å². The number of rotatable bonds is 6. The molecular formula is C10H18N4O2S. The molecule has 0 aliphatic rings. The van der Waals surface area contributed by atoms with Crippen molar-refractivity contribution in [1.82, 2.24) is 9.55 Å². The van der Waals surface area contributed by atoms with Crippen molar-refractivity contribution in [1.29, 1.82) is 0 Å². The molecule has 7 heteroatoms. The van der Waals surface area contributed by atoms with Crippen molar-refractivity contribution in [3.8, 4) is 0 Å². The summed E-state index contributed by atoms with van der Waals surface area (Å²) in [5, 5.41) is 10.7. The maximum Gasteiger partial charge on any atom is 0.342 e. The maximum absolute atomic E-state index is 10.7. The molecule has 0 aromatic carbocycles. The summed E-state index contributed by atoms with van der Waals surface area (Å²) in [5.74, 6) is 2.34. The summed E-state index contributed by atoms with van der Waals surface area (Å²) in [6.45, 7) is 6.28. The summed E-state index contributed by atoms with van der Waals surface area (Å²) >= 11 is 1.69. The zero-order valence-electron chi connectivity index (χ0n) is 10.3. The molecule has 0 radical (unpaired) electrons. The van der Waals surface area contributed by atoms with Gasteiger partial charge in [-0.15, -0.1) is 0 Å². The van der Waals surface area contributed by atoms with Crippen molar-refractivity contribution in [2.24, 2.45) is 5.73 Å². The second-order valence-electron chi connectivity index (χ2n) is 4.61. The molecule has 17 heavy (non-hydrogen) atoms. The summed E-state index contributed by atoms with van der Waals surface area (Å²) in [7, 11) is 0. The van der Waals surface area contributed by atoms with Crippen molar-refractivity contribution in [2.75, 3.05) is 11.5 Å². The lowest BCUT2D eigenvalue weighted by atomic mass is 10.1. The van der Waals surface area contributed by atoms with Crippen LogP contribution in [0.5, 0.6) is 0 Å². The molecule has 1 aromatic rings. The monoisotopic (exact) mass is 258 g/mol. The van der Waals surface area contributed by atoms with E-state index in [0.29, 0.717) is 12.4 Å². The molecule has 0 saturated heterocycles. The summed E-state index contributed by atoms with van der Waals surface area (Å²) in [6.07, 6.45) is 1.30. The molecule has 1 heterocycles. The molecule has 96 valence electrons. The van der Waals surface area contributed by atoms with Crippen LogP contribution in [-0.2, 0) is 6.54 Å². The quantitative estimate of drug-likeness (QED) is 0.475. The van der Waals surface area contributed by atoms with E-state index in [-0.39, 0.29) is 11.4 Å². The Morgan fingerprint density at radius 2 is 2.29 bits per heavy atom. The third kappa shape index (κ3) is 4.35. The highest BCUT2D eigenvalue weighted by molar-refractivity contribution is 7.99. The van der Waals surface area contributed by atoms with E-state index in [1.165, 1.54) is 6.20 Å². The number of hydrogen-bond acceptors (Lipinski definition) is 5. The Morgan fingerprint density at radius 3 is 2.82 bits per heavy atom. The highest BCUT2D eigenvalue weighted by Crippen LogP contribution is 2.16. The number of aryl methyl sites for hydroxylation is 1. The van der Waals surface area contributed by atoms with Crippen LogP contribution < -0.4 is 5.73 Å². The van der Waals surface area contributed by atoms with Crippen LogP contribution >= 0.6 is 11.8 Å². The SMILES string of the molecule is Cc1ncc([N+](=O)[O-])n1CCSCC(C)(C)N. The summed E-state index contributed by atoms with van der Waals surface area (Å²) in [4.78, 5) is 14.3. The lowest BCUT2D eigenvalue weighted by Crippen LogP contribution is -2.34. The fourth-order valence-corrected chi connectivity index (χ4v) is 2.35. The van der Waals surface area contributed by atoms with E-state index in [4.69, 9.17) is 5.73 Å². The third-order valence-electron chi connectivity index (χ3n) is 2.15. The molecule has 0 aliphatic heterocycles. The number of nitro groups is 1. The first-order valence-corrected chi connectivity index (χ1v) is 6.50.